The second-order valence-electron chi connectivity index (χ2n) is 8.21. The van der Waals surface area contributed by atoms with E-state index < -0.39 is 6.10 Å². The molecule has 1 atom stereocenters. The lowest BCUT2D eigenvalue weighted by Crippen LogP contribution is -2.27. The molecule has 26 heavy (non-hydrogen) atoms. The fourth-order valence-electron chi connectivity index (χ4n) is 4.42. The van der Waals surface area contributed by atoms with Gasteiger partial charge in [0.2, 0.25) is 0 Å². The summed E-state index contributed by atoms with van der Waals surface area (Å²) in [4.78, 5) is 8.65. The second-order valence-corrected chi connectivity index (χ2v) is 8.99. The summed E-state index contributed by atoms with van der Waals surface area (Å²) in [5.74, 6) is 0. The van der Waals surface area contributed by atoms with E-state index in [1.165, 1.54) is 16.3 Å². The highest BCUT2D eigenvalue weighted by Crippen LogP contribution is 2.45. The van der Waals surface area contributed by atoms with Gasteiger partial charge in [-0.3, -0.25) is 4.98 Å². The van der Waals surface area contributed by atoms with Crippen LogP contribution < -0.4 is 0 Å². The van der Waals surface area contributed by atoms with Gasteiger partial charge in [0.05, 0.1) is 17.3 Å². The van der Waals surface area contributed by atoms with Crippen molar-refractivity contribution in [2.24, 2.45) is 5.41 Å². The summed E-state index contributed by atoms with van der Waals surface area (Å²) in [7, 11) is 0. The summed E-state index contributed by atoms with van der Waals surface area (Å²) in [6.45, 7) is 4.44. The maximum atomic E-state index is 11.0. The van der Waals surface area contributed by atoms with Crippen molar-refractivity contribution in [3.63, 3.8) is 0 Å². The molecule has 4 heteroatoms. The second kappa shape index (κ2) is 5.66. The van der Waals surface area contributed by atoms with Crippen LogP contribution in [-0.4, -0.2) is 15.1 Å². The molecular formula is C22H22N2OS. The molecule has 3 nitrogen and oxygen atoms in total. The van der Waals surface area contributed by atoms with Crippen molar-refractivity contribution in [2.75, 3.05) is 0 Å². The molecule has 3 aromatic heterocycles. The summed E-state index contributed by atoms with van der Waals surface area (Å²) in [6.07, 6.45) is 2.04. The van der Waals surface area contributed by atoms with Crippen molar-refractivity contribution in [1.29, 1.82) is 0 Å². The van der Waals surface area contributed by atoms with Crippen LogP contribution in [0.2, 0.25) is 0 Å². The predicted octanol–water partition coefficient (Wildman–Crippen LogP) is 5.37. The van der Waals surface area contributed by atoms with E-state index in [0.717, 1.165) is 47.2 Å². The number of aliphatic hydroxyl groups excluding tert-OH is 1. The first-order chi connectivity index (χ1) is 12.5. The Kier molecular flexibility index (Phi) is 3.49. The van der Waals surface area contributed by atoms with Gasteiger partial charge in [0.25, 0.3) is 0 Å². The van der Waals surface area contributed by atoms with Gasteiger partial charge in [-0.2, -0.15) is 11.3 Å². The van der Waals surface area contributed by atoms with E-state index in [1.54, 1.807) is 11.3 Å². The fourth-order valence-corrected chi connectivity index (χ4v) is 5.09. The number of aromatic amines is 1. The van der Waals surface area contributed by atoms with Crippen molar-refractivity contribution < 1.29 is 5.11 Å². The highest BCUT2D eigenvalue weighted by molar-refractivity contribution is 7.07. The topological polar surface area (TPSA) is 48.9 Å². The molecule has 1 aliphatic rings. The average molecular weight is 362 g/mol. The Morgan fingerprint density at radius 1 is 1.27 bits per heavy atom. The lowest BCUT2D eigenvalue weighted by atomic mass is 9.74. The Morgan fingerprint density at radius 3 is 2.92 bits per heavy atom. The minimum Gasteiger partial charge on any atom is -0.388 e. The van der Waals surface area contributed by atoms with E-state index in [0.29, 0.717) is 0 Å². The molecule has 0 unspecified atom stereocenters. The third-order valence-corrected chi connectivity index (χ3v) is 6.25. The Balaban J connectivity index is 1.84. The van der Waals surface area contributed by atoms with Crippen LogP contribution in [0.3, 0.4) is 0 Å². The first-order valence-electron chi connectivity index (χ1n) is 9.13. The Hall–Kier alpha value is -2.17. The number of para-hydroxylation sites is 1. The molecule has 0 aliphatic heterocycles. The van der Waals surface area contributed by atoms with E-state index >= 15 is 0 Å². The minimum atomic E-state index is -0.460. The van der Waals surface area contributed by atoms with Gasteiger partial charge in [0, 0.05) is 34.0 Å². The number of benzene rings is 1. The van der Waals surface area contributed by atoms with Crippen molar-refractivity contribution >= 4 is 33.1 Å². The Bertz CT molecular complexity index is 1110. The molecule has 4 aromatic rings. The smallest absolute Gasteiger partial charge is 0.0819 e. The molecule has 0 amide bonds. The monoisotopic (exact) mass is 362 g/mol. The highest BCUT2D eigenvalue weighted by Gasteiger charge is 2.35. The van der Waals surface area contributed by atoms with E-state index in [2.05, 4.69) is 59.9 Å². The summed E-state index contributed by atoms with van der Waals surface area (Å²) in [6, 6.07) is 10.5. The molecule has 5 rings (SSSR count). The molecule has 1 aliphatic carbocycles. The van der Waals surface area contributed by atoms with Crippen LogP contribution >= 0.6 is 11.3 Å². The van der Waals surface area contributed by atoms with Gasteiger partial charge < -0.3 is 10.1 Å². The van der Waals surface area contributed by atoms with Crippen LogP contribution in [0.5, 0.6) is 0 Å². The molecular weight excluding hydrogens is 340 g/mol. The van der Waals surface area contributed by atoms with E-state index in [4.69, 9.17) is 4.98 Å². The Labute approximate surface area is 156 Å². The van der Waals surface area contributed by atoms with Gasteiger partial charge >= 0.3 is 0 Å². The van der Waals surface area contributed by atoms with Gasteiger partial charge in [-0.05, 0) is 46.7 Å². The number of nitrogens with zero attached hydrogens (tertiary/aromatic N) is 1. The zero-order valence-corrected chi connectivity index (χ0v) is 15.9. The quantitative estimate of drug-likeness (QED) is 0.503. The molecule has 132 valence electrons. The minimum absolute atomic E-state index is 0.0683. The first kappa shape index (κ1) is 16.0. The van der Waals surface area contributed by atoms with Crippen molar-refractivity contribution in [1.82, 2.24) is 9.97 Å². The summed E-state index contributed by atoms with van der Waals surface area (Å²) >= 11 is 1.72. The van der Waals surface area contributed by atoms with Crippen LogP contribution in [0.15, 0.2) is 41.1 Å². The van der Waals surface area contributed by atoms with Crippen molar-refractivity contribution in [2.45, 2.75) is 39.2 Å². The summed E-state index contributed by atoms with van der Waals surface area (Å²) in [5.41, 5.74) is 6.73. The molecule has 0 radical (unpaired) electrons. The lowest BCUT2D eigenvalue weighted by molar-refractivity contribution is 0.0997. The fraction of sp³-hybridized carbons (Fsp3) is 0.318. The normalized spacial score (nSPS) is 19.1. The molecule has 0 saturated carbocycles. The summed E-state index contributed by atoms with van der Waals surface area (Å²) < 4.78 is 0. The molecule has 0 bridgehead atoms. The number of fused-ring (bicyclic) bond motifs is 5. The van der Waals surface area contributed by atoms with Crippen LogP contribution in [0.25, 0.3) is 21.8 Å². The van der Waals surface area contributed by atoms with Gasteiger partial charge in [0.15, 0.2) is 0 Å². The SMILES string of the molecule is CC1(C)Cc2nc(Cc3ccsc3)c3[nH]c4ccccc4c3c2[C@@H](O)C1. The van der Waals surface area contributed by atoms with Gasteiger partial charge in [-0.25, -0.2) is 0 Å². The number of nitrogens with one attached hydrogen (secondary N) is 1. The van der Waals surface area contributed by atoms with Crippen LogP contribution in [0, 0.1) is 5.41 Å². The average Bonchev–Trinajstić information content (AvgIpc) is 3.21. The highest BCUT2D eigenvalue weighted by atomic mass is 32.1. The number of hydrogen-bond acceptors (Lipinski definition) is 3. The zero-order valence-electron chi connectivity index (χ0n) is 15.0. The third-order valence-electron chi connectivity index (χ3n) is 5.52. The van der Waals surface area contributed by atoms with E-state index in [9.17, 15) is 5.11 Å². The number of thiophene rings is 1. The maximum absolute atomic E-state index is 11.0. The molecule has 2 N–H and O–H groups in total. The van der Waals surface area contributed by atoms with E-state index in [-0.39, 0.29) is 5.41 Å². The van der Waals surface area contributed by atoms with Crippen LogP contribution in [-0.2, 0) is 12.8 Å². The number of pyridine rings is 1. The molecule has 0 spiro atoms. The number of hydrogen-bond donors (Lipinski definition) is 2. The molecule has 0 saturated heterocycles. The number of rotatable bonds is 2. The van der Waals surface area contributed by atoms with Gasteiger partial charge in [-0.15, -0.1) is 0 Å². The molecule has 3 heterocycles. The zero-order chi connectivity index (χ0) is 17.9. The van der Waals surface area contributed by atoms with Gasteiger partial charge in [-0.1, -0.05) is 32.0 Å². The van der Waals surface area contributed by atoms with Crippen molar-refractivity contribution in [3.8, 4) is 0 Å². The van der Waals surface area contributed by atoms with E-state index in [1.807, 2.05) is 0 Å². The number of H-pyrrole nitrogens is 1. The van der Waals surface area contributed by atoms with Crippen LogP contribution in [0.4, 0.5) is 0 Å². The standard InChI is InChI=1S/C22H22N2OS/c1-22(2)10-17-20(18(25)11-22)19-14-5-3-4-6-15(14)24-21(19)16(23-17)9-13-7-8-26-12-13/h3-8,12,18,24-25H,9-11H2,1-2H3/t18-/m0/s1. The van der Waals surface area contributed by atoms with Crippen LogP contribution in [0.1, 0.15) is 48.9 Å². The first-order valence-corrected chi connectivity index (χ1v) is 10.1. The maximum Gasteiger partial charge on any atom is 0.0819 e. The predicted molar refractivity (Wildman–Crippen MR) is 108 cm³/mol. The lowest BCUT2D eigenvalue weighted by Gasteiger charge is -2.34. The van der Waals surface area contributed by atoms with Gasteiger partial charge in [0.1, 0.15) is 0 Å². The number of aromatic nitrogens is 2. The largest absolute Gasteiger partial charge is 0.388 e. The third kappa shape index (κ3) is 2.48. The van der Waals surface area contributed by atoms with Crippen molar-refractivity contribution in [3.05, 3.63) is 63.6 Å². The number of aliphatic hydroxyl groups is 1. The molecule has 0 fully saturated rings. The summed E-state index contributed by atoms with van der Waals surface area (Å²) in [5, 5.41) is 17.6. The Morgan fingerprint density at radius 2 is 2.12 bits per heavy atom. The molecule has 1 aromatic carbocycles.